The zero-order valence-electron chi connectivity index (χ0n) is 19.2. The maximum atomic E-state index is 12.9. The lowest BCUT2D eigenvalue weighted by Crippen LogP contribution is -2.22. The van der Waals surface area contributed by atoms with Crippen LogP contribution in [-0.4, -0.2) is 21.6 Å². The summed E-state index contributed by atoms with van der Waals surface area (Å²) < 4.78 is 2.29. The minimum atomic E-state index is -0.266. The van der Waals surface area contributed by atoms with Crippen LogP contribution < -0.4 is 10.6 Å². The van der Waals surface area contributed by atoms with Gasteiger partial charge in [-0.1, -0.05) is 25.1 Å². The number of aromatic nitrogens is 1. The van der Waals surface area contributed by atoms with E-state index in [0.29, 0.717) is 6.42 Å². The Labute approximate surface area is 198 Å². The Hall–Kier alpha value is -3.25. The van der Waals surface area contributed by atoms with Crippen molar-refractivity contribution < 1.29 is 9.59 Å². The monoisotopic (exact) mass is 459 g/mol. The van der Waals surface area contributed by atoms with E-state index in [0.717, 1.165) is 34.6 Å². The number of benzene rings is 3. The fourth-order valence-corrected chi connectivity index (χ4v) is 4.91. The minimum Gasteiger partial charge on any atom is -0.341 e. The second-order valence-electron chi connectivity index (χ2n) is 8.07. The number of hydrogen-bond acceptors (Lipinski definition) is 3. The number of nitrogens with one attached hydrogen (secondary N) is 2. The lowest BCUT2D eigenvalue weighted by molar-refractivity contribution is -0.116. The summed E-state index contributed by atoms with van der Waals surface area (Å²) >= 11 is 1.49. The van der Waals surface area contributed by atoms with Gasteiger partial charge in [0.1, 0.15) is 0 Å². The lowest BCUT2D eigenvalue weighted by Gasteiger charge is -2.13. The van der Waals surface area contributed by atoms with Gasteiger partial charge in [-0.2, -0.15) is 0 Å². The third-order valence-corrected chi connectivity index (χ3v) is 6.77. The molecule has 0 aliphatic carbocycles. The normalized spacial score (nSPS) is 12.1. The van der Waals surface area contributed by atoms with E-state index < -0.39 is 0 Å². The maximum absolute atomic E-state index is 12.9. The first kappa shape index (κ1) is 22.9. The minimum absolute atomic E-state index is 0.0182. The molecule has 0 aliphatic heterocycles. The number of thioether (sulfide) groups is 1. The summed E-state index contributed by atoms with van der Waals surface area (Å²) in [7, 11) is 0. The first-order valence-electron chi connectivity index (χ1n) is 11.4. The highest BCUT2D eigenvalue weighted by Crippen LogP contribution is 2.31. The average Bonchev–Trinajstić information content (AvgIpc) is 3.13. The molecule has 4 aromatic rings. The van der Waals surface area contributed by atoms with Crippen molar-refractivity contribution in [2.75, 3.05) is 10.6 Å². The molecule has 2 N–H and O–H groups in total. The van der Waals surface area contributed by atoms with Crippen LogP contribution in [0.2, 0.25) is 0 Å². The Morgan fingerprint density at radius 1 is 0.879 bits per heavy atom. The van der Waals surface area contributed by atoms with Crippen LogP contribution in [0.5, 0.6) is 0 Å². The Morgan fingerprint density at radius 3 is 2.30 bits per heavy atom. The highest BCUT2D eigenvalue weighted by molar-refractivity contribution is 8.00. The number of carbonyl (C=O) groups excluding carboxylic acids is 2. The SMILES string of the molecule is CCCC(=O)Nc1ccc(SC(C)C(=O)Nc2ccc3c(c2)c2ccccc2n3CC)cc1. The molecule has 0 bridgehead atoms. The standard InChI is InChI=1S/C27H29N3O2S/c1-4-8-26(31)28-19-11-14-21(15-12-19)33-18(3)27(32)29-20-13-16-25-23(17-20)22-9-6-7-10-24(22)30(25)5-2/h6-7,9-18H,4-5,8H2,1-3H3,(H,28,31)(H,29,32). The van der Waals surface area contributed by atoms with Crippen LogP contribution in [0.4, 0.5) is 11.4 Å². The van der Waals surface area contributed by atoms with E-state index >= 15 is 0 Å². The van der Waals surface area contributed by atoms with Gasteiger partial charge >= 0.3 is 0 Å². The molecule has 4 rings (SSSR count). The molecule has 0 aliphatic rings. The Bertz CT molecular complexity index is 1290. The molecule has 1 unspecified atom stereocenters. The third kappa shape index (κ3) is 5.06. The van der Waals surface area contributed by atoms with E-state index in [1.807, 2.05) is 50.2 Å². The second kappa shape index (κ2) is 10.1. The molecule has 3 aromatic carbocycles. The quantitative estimate of drug-likeness (QED) is 0.289. The molecule has 33 heavy (non-hydrogen) atoms. The molecule has 0 saturated heterocycles. The van der Waals surface area contributed by atoms with E-state index in [1.54, 1.807) is 0 Å². The van der Waals surface area contributed by atoms with Gasteiger partial charge in [-0.3, -0.25) is 9.59 Å². The Balaban J connectivity index is 1.44. The van der Waals surface area contributed by atoms with Crippen LogP contribution in [0.25, 0.3) is 21.8 Å². The molecule has 5 nitrogen and oxygen atoms in total. The topological polar surface area (TPSA) is 63.1 Å². The fraction of sp³-hybridized carbons (Fsp3) is 0.259. The first-order chi connectivity index (χ1) is 16.0. The number of carbonyl (C=O) groups is 2. The molecule has 0 spiro atoms. The van der Waals surface area contributed by atoms with Gasteiger partial charge < -0.3 is 15.2 Å². The predicted molar refractivity (Wildman–Crippen MR) is 139 cm³/mol. The predicted octanol–water partition coefficient (Wildman–Crippen LogP) is 6.67. The van der Waals surface area contributed by atoms with E-state index in [1.165, 1.54) is 28.2 Å². The van der Waals surface area contributed by atoms with Crippen LogP contribution in [-0.2, 0) is 16.1 Å². The largest absolute Gasteiger partial charge is 0.341 e. The van der Waals surface area contributed by atoms with Gasteiger partial charge in [0.15, 0.2) is 0 Å². The smallest absolute Gasteiger partial charge is 0.237 e. The van der Waals surface area contributed by atoms with Crippen LogP contribution in [0.3, 0.4) is 0 Å². The summed E-state index contributed by atoms with van der Waals surface area (Å²) in [5.41, 5.74) is 3.95. The molecular formula is C27H29N3O2S. The molecule has 170 valence electrons. The number of anilines is 2. The number of nitrogens with zero attached hydrogens (tertiary/aromatic N) is 1. The highest BCUT2D eigenvalue weighted by atomic mass is 32.2. The van der Waals surface area contributed by atoms with E-state index in [-0.39, 0.29) is 17.1 Å². The summed E-state index contributed by atoms with van der Waals surface area (Å²) in [6.07, 6.45) is 1.33. The van der Waals surface area contributed by atoms with Crippen LogP contribution >= 0.6 is 11.8 Å². The van der Waals surface area contributed by atoms with Crippen molar-refractivity contribution >= 4 is 56.8 Å². The summed E-state index contributed by atoms with van der Waals surface area (Å²) in [6.45, 7) is 6.92. The number of aryl methyl sites for hydroxylation is 1. The number of rotatable bonds is 8. The lowest BCUT2D eigenvalue weighted by atomic mass is 10.1. The van der Waals surface area contributed by atoms with Gasteiger partial charge in [0.05, 0.1) is 5.25 Å². The van der Waals surface area contributed by atoms with Gasteiger partial charge in [0.25, 0.3) is 0 Å². The molecule has 1 aromatic heterocycles. The van der Waals surface area contributed by atoms with Crippen molar-refractivity contribution in [1.82, 2.24) is 4.57 Å². The van der Waals surface area contributed by atoms with Gasteiger partial charge in [0.2, 0.25) is 11.8 Å². The van der Waals surface area contributed by atoms with Crippen LogP contribution in [0.1, 0.15) is 33.6 Å². The van der Waals surface area contributed by atoms with Crippen molar-refractivity contribution in [1.29, 1.82) is 0 Å². The van der Waals surface area contributed by atoms with Crippen molar-refractivity contribution in [3.63, 3.8) is 0 Å². The number of fused-ring (bicyclic) bond motifs is 3. The summed E-state index contributed by atoms with van der Waals surface area (Å²) in [6, 6.07) is 22.1. The van der Waals surface area contributed by atoms with Crippen molar-refractivity contribution in [2.45, 2.75) is 50.3 Å². The molecular weight excluding hydrogens is 430 g/mol. The van der Waals surface area contributed by atoms with Crippen molar-refractivity contribution in [2.24, 2.45) is 0 Å². The van der Waals surface area contributed by atoms with Crippen LogP contribution in [0, 0.1) is 0 Å². The third-order valence-electron chi connectivity index (χ3n) is 5.65. The molecule has 6 heteroatoms. The molecule has 1 heterocycles. The van der Waals surface area contributed by atoms with Gasteiger partial charge in [-0.15, -0.1) is 11.8 Å². The summed E-state index contributed by atoms with van der Waals surface area (Å²) in [5.74, 6) is -0.0245. The average molecular weight is 460 g/mol. The van der Waals surface area contributed by atoms with E-state index in [9.17, 15) is 9.59 Å². The van der Waals surface area contributed by atoms with Gasteiger partial charge in [-0.05, 0) is 68.8 Å². The molecule has 0 fully saturated rings. The van der Waals surface area contributed by atoms with Crippen molar-refractivity contribution in [3.05, 3.63) is 66.7 Å². The number of para-hydroxylation sites is 1. The summed E-state index contributed by atoms with van der Waals surface area (Å²) in [4.78, 5) is 25.6. The second-order valence-corrected chi connectivity index (χ2v) is 9.48. The van der Waals surface area contributed by atoms with E-state index in [4.69, 9.17) is 0 Å². The molecule has 0 saturated carbocycles. The molecule has 0 radical (unpaired) electrons. The Kier molecular flexibility index (Phi) is 7.04. The maximum Gasteiger partial charge on any atom is 0.237 e. The van der Waals surface area contributed by atoms with Crippen molar-refractivity contribution in [3.8, 4) is 0 Å². The van der Waals surface area contributed by atoms with Gasteiger partial charge in [-0.25, -0.2) is 0 Å². The zero-order valence-corrected chi connectivity index (χ0v) is 20.0. The van der Waals surface area contributed by atoms with Crippen LogP contribution in [0.15, 0.2) is 71.6 Å². The highest BCUT2D eigenvalue weighted by Gasteiger charge is 2.16. The molecule has 1 atom stereocenters. The summed E-state index contributed by atoms with van der Waals surface area (Å²) in [5, 5.41) is 8.03. The van der Waals surface area contributed by atoms with E-state index in [2.05, 4.69) is 52.5 Å². The first-order valence-corrected chi connectivity index (χ1v) is 12.3. The number of amides is 2. The zero-order chi connectivity index (χ0) is 23.4. The fourth-order valence-electron chi connectivity index (χ4n) is 4.04. The number of hydrogen-bond donors (Lipinski definition) is 2. The van der Waals surface area contributed by atoms with Gasteiger partial charge in [0, 0.05) is 51.0 Å². The Morgan fingerprint density at radius 2 is 1.58 bits per heavy atom. The molecule has 2 amide bonds.